The van der Waals surface area contributed by atoms with Crippen molar-refractivity contribution >= 4 is 35.5 Å². The molecular formula is C4H9IP2. The molecule has 0 aromatic rings. The fourth-order valence-electron chi connectivity index (χ4n) is 0.683. The second-order valence-electron chi connectivity index (χ2n) is 1.91. The second kappa shape index (κ2) is 2.94. The maximum absolute atomic E-state index is 2.63. The van der Waals surface area contributed by atoms with Gasteiger partial charge >= 0.3 is 0 Å². The highest BCUT2D eigenvalue weighted by Gasteiger charge is 2.16. The topological polar surface area (TPSA) is 0 Å². The lowest BCUT2D eigenvalue weighted by Gasteiger charge is -1.96. The van der Waals surface area contributed by atoms with Crippen molar-refractivity contribution in [2.45, 2.75) is 0 Å². The first-order valence-electron chi connectivity index (χ1n) is 2.38. The van der Waals surface area contributed by atoms with Gasteiger partial charge in [0, 0.05) is 0 Å². The third-order valence-corrected chi connectivity index (χ3v) is 10.5. The molecule has 3 heteroatoms. The van der Waals surface area contributed by atoms with Crippen LogP contribution < -0.4 is 0 Å². The van der Waals surface area contributed by atoms with Gasteiger partial charge in [0.05, 0.1) is 0 Å². The predicted molar refractivity (Wildman–Crippen MR) is 48.4 cm³/mol. The van der Waals surface area contributed by atoms with Crippen LogP contribution in [0, 0.1) is 0 Å². The zero-order chi connectivity index (χ0) is 5.28. The molecule has 1 aliphatic heterocycles. The average molecular weight is 246 g/mol. The van der Waals surface area contributed by atoms with E-state index in [9.17, 15) is 0 Å². The van der Waals surface area contributed by atoms with Crippen LogP contribution in [0.5, 0.6) is 0 Å². The molecule has 0 radical (unpaired) electrons. The summed E-state index contributed by atoms with van der Waals surface area (Å²) in [4.78, 5) is 0. The van der Waals surface area contributed by atoms with Gasteiger partial charge in [0.1, 0.15) is 0 Å². The maximum atomic E-state index is 2.63. The van der Waals surface area contributed by atoms with Crippen molar-refractivity contribution < 1.29 is 0 Å². The van der Waals surface area contributed by atoms with Crippen LogP contribution >= 0.6 is 35.5 Å². The van der Waals surface area contributed by atoms with E-state index in [2.05, 4.69) is 28.7 Å². The summed E-state index contributed by atoms with van der Waals surface area (Å²) in [6, 6.07) is 0. The van der Waals surface area contributed by atoms with Crippen LogP contribution in [0.1, 0.15) is 0 Å². The zero-order valence-electron chi connectivity index (χ0n) is 4.39. The standard InChI is InChI=1S/C4H9IP2/c1-6-2-3-7(5)4-6/h2-4H2,1H3. The molecule has 2 atom stereocenters. The molecule has 1 heterocycles. The lowest BCUT2D eigenvalue weighted by atomic mass is 11.0. The highest BCUT2D eigenvalue weighted by Crippen LogP contribution is 2.61. The lowest BCUT2D eigenvalue weighted by molar-refractivity contribution is 1.55. The summed E-state index contributed by atoms with van der Waals surface area (Å²) >= 11 is 2.63. The van der Waals surface area contributed by atoms with Gasteiger partial charge in [-0.2, -0.15) is 0 Å². The molecule has 1 saturated heterocycles. The highest BCUT2D eigenvalue weighted by molar-refractivity contribution is 14.2. The molecule has 0 nitrogen and oxygen atoms in total. The molecule has 1 aliphatic rings. The van der Waals surface area contributed by atoms with Crippen LogP contribution in [0.15, 0.2) is 0 Å². The van der Waals surface area contributed by atoms with Crippen LogP contribution in [0.2, 0.25) is 0 Å². The van der Waals surface area contributed by atoms with Gasteiger partial charge < -0.3 is 0 Å². The molecule has 1 rings (SSSR count). The summed E-state index contributed by atoms with van der Waals surface area (Å²) in [5.74, 6) is 1.59. The van der Waals surface area contributed by atoms with E-state index in [0.717, 1.165) is 0 Å². The molecule has 0 amide bonds. The first-order valence-corrected chi connectivity index (χ1v) is 9.04. The lowest BCUT2D eigenvalue weighted by Crippen LogP contribution is -1.71. The van der Waals surface area contributed by atoms with Gasteiger partial charge in [0.2, 0.25) is 0 Å². The molecule has 0 bridgehead atoms. The summed E-state index contributed by atoms with van der Waals surface area (Å²) < 4.78 is 0. The Morgan fingerprint density at radius 2 is 2.14 bits per heavy atom. The minimum Gasteiger partial charge on any atom is -0.104 e. The van der Waals surface area contributed by atoms with Crippen molar-refractivity contribution in [3.63, 3.8) is 0 Å². The summed E-state index contributed by atoms with van der Waals surface area (Å²) in [6.45, 7) is 2.43. The third kappa shape index (κ3) is 2.11. The van der Waals surface area contributed by atoms with E-state index >= 15 is 0 Å². The zero-order valence-corrected chi connectivity index (χ0v) is 8.34. The second-order valence-corrected chi connectivity index (χ2v) is 10.7. The van der Waals surface area contributed by atoms with Crippen LogP contribution in [-0.4, -0.2) is 24.9 Å². The Hall–Kier alpha value is 1.59. The van der Waals surface area contributed by atoms with Crippen molar-refractivity contribution in [1.82, 2.24) is 0 Å². The SMILES string of the molecule is CP1CCP(I)C1. The molecule has 2 unspecified atom stereocenters. The molecule has 0 aliphatic carbocycles. The first kappa shape index (κ1) is 6.71. The molecule has 7 heavy (non-hydrogen) atoms. The van der Waals surface area contributed by atoms with E-state index in [4.69, 9.17) is 0 Å². The fraction of sp³-hybridized carbons (Fsp3) is 1.00. The van der Waals surface area contributed by atoms with Gasteiger partial charge in [-0.05, 0) is 30.5 Å². The Morgan fingerprint density at radius 3 is 2.29 bits per heavy atom. The number of rotatable bonds is 0. The fourth-order valence-corrected chi connectivity index (χ4v) is 12.8. The Balaban J connectivity index is 2.26. The number of halogens is 1. The predicted octanol–water partition coefficient (Wildman–Crippen LogP) is 2.90. The normalized spacial score (nSPS) is 42.0. The van der Waals surface area contributed by atoms with Crippen molar-refractivity contribution in [1.29, 1.82) is 0 Å². The smallest absolute Gasteiger partial charge is 0.00321 e. The Kier molecular flexibility index (Phi) is 2.82. The van der Waals surface area contributed by atoms with Gasteiger partial charge in [-0.25, -0.2) is 0 Å². The van der Waals surface area contributed by atoms with Crippen molar-refractivity contribution in [2.75, 3.05) is 24.9 Å². The van der Waals surface area contributed by atoms with Gasteiger partial charge in [-0.1, -0.05) is 22.0 Å². The third-order valence-electron chi connectivity index (χ3n) is 1.12. The minimum absolute atomic E-state index is 0.494. The van der Waals surface area contributed by atoms with Crippen LogP contribution in [0.25, 0.3) is 0 Å². The van der Waals surface area contributed by atoms with Crippen molar-refractivity contribution in [2.24, 2.45) is 0 Å². The minimum atomic E-state index is 0.494. The number of hydrogen-bond acceptors (Lipinski definition) is 0. The quantitative estimate of drug-likeness (QED) is 0.455. The Bertz CT molecular complexity index is 58.7. The van der Waals surface area contributed by atoms with E-state index in [1.807, 2.05) is 0 Å². The summed E-state index contributed by atoms with van der Waals surface area (Å²) in [5.41, 5.74) is 0.494. The highest BCUT2D eigenvalue weighted by atomic mass is 127. The number of hydrogen-bond donors (Lipinski definition) is 0. The monoisotopic (exact) mass is 246 g/mol. The Morgan fingerprint density at radius 1 is 1.43 bits per heavy atom. The molecule has 0 aromatic carbocycles. The summed E-state index contributed by atoms with van der Waals surface area (Å²) in [7, 11) is 0.517. The molecule has 0 N–H and O–H groups in total. The molecule has 1 fully saturated rings. The maximum Gasteiger partial charge on any atom is -0.00321 e. The van der Waals surface area contributed by atoms with Gasteiger partial charge in [0.15, 0.2) is 0 Å². The van der Waals surface area contributed by atoms with Gasteiger partial charge in [-0.15, -0.1) is 7.92 Å². The van der Waals surface area contributed by atoms with E-state index < -0.39 is 0 Å². The summed E-state index contributed by atoms with van der Waals surface area (Å²) in [6.07, 6.45) is 3.11. The average Bonchev–Trinajstić information content (AvgIpc) is 1.87. The van der Waals surface area contributed by atoms with Crippen LogP contribution in [0.3, 0.4) is 0 Å². The largest absolute Gasteiger partial charge is 0.104 e. The van der Waals surface area contributed by atoms with Crippen molar-refractivity contribution in [3.05, 3.63) is 0 Å². The van der Waals surface area contributed by atoms with E-state index in [-0.39, 0.29) is 0 Å². The van der Waals surface area contributed by atoms with Gasteiger partial charge in [-0.3, -0.25) is 0 Å². The van der Waals surface area contributed by atoms with Crippen LogP contribution in [0.4, 0.5) is 0 Å². The molecule has 0 spiro atoms. The summed E-state index contributed by atoms with van der Waals surface area (Å²) in [5, 5.41) is 0. The molecular weight excluding hydrogens is 237 g/mol. The van der Waals surface area contributed by atoms with E-state index in [1.54, 1.807) is 18.2 Å². The van der Waals surface area contributed by atoms with E-state index in [1.165, 1.54) is 0 Å². The molecule has 0 aromatic heterocycles. The molecule has 0 saturated carbocycles. The van der Waals surface area contributed by atoms with Crippen LogP contribution in [-0.2, 0) is 0 Å². The Labute approximate surface area is 60.4 Å². The molecule has 42 valence electrons. The van der Waals surface area contributed by atoms with Gasteiger partial charge in [0.25, 0.3) is 0 Å². The van der Waals surface area contributed by atoms with Crippen molar-refractivity contribution in [3.8, 4) is 0 Å². The van der Waals surface area contributed by atoms with E-state index in [0.29, 0.717) is 13.5 Å². The first-order chi connectivity index (χ1) is 3.29.